The summed E-state index contributed by atoms with van der Waals surface area (Å²) >= 11 is 7.61. The van der Waals surface area contributed by atoms with E-state index in [0.29, 0.717) is 0 Å². The molecule has 0 amide bonds. The molecule has 0 fully saturated rings. The molecule has 0 atom stereocenters. The van der Waals surface area contributed by atoms with Crippen molar-refractivity contribution in [2.75, 3.05) is 0 Å². The lowest BCUT2D eigenvalue weighted by Crippen LogP contribution is -1.94. The number of rotatable bonds is 4. The van der Waals surface area contributed by atoms with Crippen LogP contribution in [0.25, 0.3) is 22.4 Å². The molecule has 7 heteroatoms. The van der Waals surface area contributed by atoms with Crippen molar-refractivity contribution >= 4 is 34.5 Å². The monoisotopic (exact) mass is 419 g/mol. The SMILES string of the molecule is Cc1ccc(-c2cc3c4nnc(SCc5ccc(Cl)cc5)n4ccn3n2)cc1C. The zero-order valence-electron chi connectivity index (χ0n) is 16.0. The fourth-order valence-electron chi connectivity index (χ4n) is 3.26. The van der Waals surface area contributed by atoms with Gasteiger partial charge in [0.25, 0.3) is 0 Å². The lowest BCUT2D eigenvalue weighted by atomic mass is 10.0. The lowest BCUT2D eigenvalue weighted by molar-refractivity contribution is 0.895. The third kappa shape index (κ3) is 3.39. The Kier molecular flexibility index (Phi) is 4.53. The number of hydrogen-bond acceptors (Lipinski definition) is 4. The standard InChI is InChI=1S/C22H18ClN5S/c1-14-3-6-17(11-15(14)2)19-12-20-21-24-25-22(27(21)9-10-28(20)26-19)29-13-16-4-7-18(23)8-5-16/h3-12H,13H2,1-2H3. The van der Waals surface area contributed by atoms with Crippen LogP contribution >= 0.6 is 23.4 Å². The summed E-state index contributed by atoms with van der Waals surface area (Å²) in [4.78, 5) is 0. The molecule has 29 heavy (non-hydrogen) atoms. The van der Waals surface area contributed by atoms with E-state index in [1.54, 1.807) is 11.8 Å². The predicted octanol–water partition coefficient (Wildman–Crippen LogP) is 5.61. The average Bonchev–Trinajstić information content (AvgIpc) is 3.33. The molecular weight excluding hydrogens is 402 g/mol. The van der Waals surface area contributed by atoms with Crippen LogP contribution in [0.4, 0.5) is 0 Å². The van der Waals surface area contributed by atoms with Crippen LogP contribution in [-0.2, 0) is 5.75 Å². The molecule has 0 bridgehead atoms. The quantitative estimate of drug-likeness (QED) is 0.355. The Morgan fingerprint density at radius 2 is 1.76 bits per heavy atom. The summed E-state index contributed by atoms with van der Waals surface area (Å²) in [6.45, 7) is 4.24. The highest BCUT2D eigenvalue weighted by atomic mass is 35.5. The van der Waals surface area contributed by atoms with Gasteiger partial charge in [-0.2, -0.15) is 5.10 Å². The maximum absolute atomic E-state index is 5.97. The molecule has 0 saturated heterocycles. The van der Waals surface area contributed by atoms with Gasteiger partial charge < -0.3 is 0 Å². The van der Waals surface area contributed by atoms with Gasteiger partial charge in [0.15, 0.2) is 10.8 Å². The van der Waals surface area contributed by atoms with Crippen molar-refractivity contribution in [2.24, 2.45) is 0 Å². The zero-order valence-corrected chi connectivity index (χ0v) is 17.6. The fourth-order valence-corrected chi connectivity index (χ4v) is 4.26. The van der Waals surface area contributed by atoms with Gasteiger partial charge in [-0.1, -0.05) is 47.6 Å². The van der Waals surface area contributed by atoms with Crippen molar-refractivity contribution in [3.63, 3.8) is 0 Å². The average molecular weight is 420 g/mol. The summed E-state index contributed by atoms with van der Waals surface area (Å²) in [5.74, 6) is 0.802. The van der Waals surface area contributed by atoms with E-state index in [0.717, 1.165) is 38.4 Å². The first-order chi connectivity index (χ1) is 14.1. The molecule has 144 valence electrons. The predicted molar refractivity (Wildman–Crippen MR) is 118 cm³/mol. The van der Waals surface area contributed by atoms with Gasteiger partial charge in [0.1, 0.15) is 5.52 Å². The van der Waals surface area contributed by atoms with Crippen molar-refractivity contribution in [2.45, 2.75) is 24.8 Å². The van der Waals surface area contributed by atoms with E-state index < -0.39 is 0 Å². The summed E-state index contributed by atoms with van der Waals surface area (Å²) in [5.41, 5.74) is 7.50. The number of aryl methyl sites for hydroxylation is 2. The Labute approximate surface area is 177 Å². The summed E-state index contributed by atoms with van der Waals surface area (Å²) < 4.78 is 3.88. The normalized spacial score (nSPS) is 11.6. The Balaban J connectivity index is 1.49. The van der Waals surface area contributed by atoms with Gasteiger partial charge >= 0.3 is 0 Å². The van der Waals surface area contributed by atoms with Crippen molar-refractivity contribution in [1.82, 2.24) is 24.2 Å². The van der Waals surface area contributed by atoms with Gasteiger partial charge in [0.05, 0.1) is 5.69 Å². The molecule has 0 N–H and O–H groups in total. The molecule has 0 spiro atoms. The number of nitrogens with zero attached hydrogens (tertiary/aromatic N) is 5. The maximum Gasteiger partial charge on any atom is 0.196 e. The number of aromatic nitrogens is 5. The molecule has 0 aliphatic carbocycles. The van der Waals surface area contributed by atoms with E-state index in [-0.39, 0.29) is 0 Å². The van der Waals surface area contributed by atoms with E-state index in [1.807, 2.05) is 45.6 Å². The van der Waals surface area contributed by atoms with Crippen LogP contribution in [0.5, 0.6) is 0 Å². The molecule has 0 unspecified atom stereocenters. The topological polar surface area (TPSA) is 47.5 Å². The number of hydrogen-bond donors (Lipinski definition) is 0. The first-order valence-corrected chi connectivity index (χ1v) is 10.6. The minimum atomic E-state index is 0.745. The Morgan fingerprint density at radius 1 is 0.931 bits per heavy atom. The molecule has 5 nitrogen and oxygen atoms in total. The van der Waals surface area contributed by atoms with Gasteiger partial charge in [-0.25, -0.2) is 4.52 Å². The van der Waals surface area contributed by atoms with Gasteiger partial charge in [-0.3, -0.25) is 4.40 Å². The molecule has 0 aliphatic heterocycles. The Morgan fingerprint density at radius 3 is 2.55 bits per heavy atom. The summed E-state index contributed by atoms with van der Waals surface area (Å²) in [5, 5.41) is 15.1. The Bertz CT molecular complexity index is 1340. The lowest BCUT2D eigenvalue weighted by Gasteiger charge is -2.02. The second kappa shape index (κ2) is 7.21. The highest BCUT2D eigenvalue weighted by Crippen LogP contribution is 2.27. The molecule has 5 rings (SSSR count). The molecule has 3 heterocycles. The summed E-state index contributed by atoms with van der Waals surface area (Å²) in [6, 6.07) is 16.4. The van der Waals surface area contributed by atoms with Crippen LogP contribution in [0.15, 0.2) is 66.1 Å². The molecule has 0 saturated carbocycles. The van der Waals surface area contributed by atoms with E-state index >= 15 is 0 Å². The molecule has 0 radical (unpaired) electrons. The molecule has 2 aromatic carbocycles. The largest absolute Gasteiger partial charge is 0.274 e. The first kappa shape index (κ1) is 18.2. The molecular formula is C22H18ClN5S. The number of halogens is 1. The van der Waals surface area contributed by atoms with Crippen LogP contribution in [0.1, 0.15) is 16.7 Å². The van der Waals surface area contributed by atoms with Crippen LogP contribution < -0.4 is 0 Å². The van der Waals surface area contributed by atoms with Crippen LogP contribution in [0, 0.1) is 13.8 Å². The number of fused-ring (bicyclic) bond motifs is 3. The smallest absolute Gasteiger partial charge is 0.196 e. The van der Waals surface area contributed by atoms with Crippen LogP contribution in [0.2, 0.25) is 5.02 Å². The maximum atomic E-state index is 5.97. The van der Waals surface area contributed by atoms with Gasteiger partial charge in [0, 0.05) is 28.7 Å². The van der Waals surface area contributed by atoms with Crippen molar-refractivity contribution in [1.29, 1.82) is 0 Å². The van der Waals surface area contributed by atoms with E-state index in [1.165, 1.54) is 16.7 Å². The van der Waals surface area contributed by atoms with Gasteiger partial charge in [-0.05, 0) is 54.8 Å². The van der Waals surface area contributed by atoms with E-state index in [2.05, 4.69) is 48.3 Å². The Hall–Kier alpha value is -2.83. The van der Waals surface area contributed by atoms with E-state index in [4.69, 9.17) is 16.7 Å². The third-order valence-electron chi connectivity index (χ3n) is 5.07. The zero-order chi connectivity index (χ0) is 20.0. The van der Waals surface area contributed by atoms with Gasteiger partial charge in [-0.15, -0.1) is 10.2 Å². The number of thioether (sulfide) groups is 1. The van der Waals surface area contributed by atoms with Crippen LogP contribution in [0.3, 0.4) is 0 Å². The first-order valence-electron chi connectivity index (χ1n) is 9.26. The van der Waals surface area contributed by atoms with Crippen molar-refractivity contribution in [3.8, 4) is 11.3 Å². The second-order valence-corrected chi connectivity index (χ2v) is 8.43. The molecule has 5 aromatic rings. The van der Waals surface area contributed by atoms with Crippen molar-refractivity contribution in [3.05, 3.63) is 82.6 Å². The summed E-state index contributed by atoms with van der Waals surface area (Å²) in [7, 11) is 0. The minimum Gasteiger partial charge on any atom is -0.274 e. The molecule has 3 aromatic heterocycles. The highest BCUT2D eigenvalue weighted by molar-refractivity contribution is 7.98. The van der Waals surface area contributed by atoms with Crippen molar-refractivity contribution < 1.29 is 0 Å². The summed E-state index contributed by atoms with van der Waals surface area (Å²) in [6.07, 6.45) is 3.91. The minimum absolute atomic E-state index is 0.745. The fraction of sp³-hybridized carbons (Fsp3) is 0.136. The third-order valence-corrected chi connectivity index (χ3v) is 6.34. The molecule has 0 aliphatic rings. The second-order valence-electron chi connectivity index (χ2n) is 7.05. The van der Waals surface area contributed by atoms with E-state index in [9.17, 15) is 0 Å². The highest BCUT2D eigenvalue weighted by Gasteiger charge is 2.13. The number of benzene rings is 2. The van der Waals surface area contributed by atoms with Crippen LogP contribution in [-0.4, -0.2) is 24.2 Å². The van der Waals surface area contributed by atoms with Gasteiger partial charge in [0.2, 0.25) is 0 Å².